The van der Waals surface area contributed by atoms with E-state index in [1.807, 2.05) is 0 Å². The van der Waals surface area contributed by atoms with Crippen LogP contribution in [0.1, 0.15) is 11.6 Å². The molecule has 1 N–H and O–H groups in total. The first-order valence-electron chi connectivity index (χ1n) is 6.28. The second-order valence-electron chi connectivity index (χ2n) is 4.62. The number of alkyl halides is 3. The number of hydrogen-bond acceptors (Lipinski definition) is 3. The van der Waals surface area contributed by atoms with E-state index >= 15 is 0 Å². The molecule has 3 nitrogen and oxygen atoms in total. The Bertz CT molecular complexity index is 468. The molecule has 0 spiro atoms. The Kier molecular flexibility index (Phi) is 8.46. The zero-order chi connectivity index (χ0) is 14.8. The van der Waals surface area contributed by atoms with Gasteiger partial charge in [0.25, 0.3) is 0 Å². The summed E-state index contributed by atoms with van der Waals surface area (Å²) in [5, 5.41) is 3.00. The Morgan fingerprint density at radius 3 is 2.27 bits per heavy atom. The molecule has 22 heavy (non-hydrogen) atoms. The van der Waals surface area contributed by atoms with E-state index in [1.165, 1.54) is 18.1 Å². The summed E-state index contributed by atoms with van der Waals surface area (Å²) in [6, 6.07) is 1.37. The molecule has 1 aliphatic rings. The molecular weight excluding hydrogens is 347 g/mol. The smallest absolute Gasteiger partial charge is 0.408 e. The van der Waals surface area contributed by atoms with Crippen LogP contribution in [0.3, 0.4) is 0 Å². The zero-order valence-corrected chi connectivity index (χ0v) is 13.5. The number of nitrogens with zero attached hydrogens (tertiary/aromatic N) is 1. The van der Waals surface area contributed by atoms with Crippen molar-refractivity contribution in [2.24, 2.45) is 0 Å². The van der Waals surface area contributed by atoms with Crippen molar-refractivity contribution in [3.05, 3.63) is 29.6 Å². The van der Waals surface area contributed by atoms with E-state index in [0.717, 1.165) is 12.1 Å². The average Bonchev–Trinajstić information content (AvgIpc) is 2.39. The molecule has 9 heteroatoms. The number of hydrogen-bond donors (Lipinski definition) is 1. The van der Waals surface area contributed by atoms with Crippen LogP contribution in [0.5, 0.6) is 5.75 Å². The first-order chi connectivity index (χ1) is 9.43. The van der Waals surface area contributed by atoms with Crippen molar-refractivity contribution in [3.63, 3.8) is 0 Å². The van der Waals surface area contributed by atoms with Crippen molar-refractivity contribution < 1.29 is 22.3 Å². The standard InChI is InChI=1S/C13H16F4N2O.2ClH/c1-20-11-3-2-9(14)8-10(11)12(13(15,16)17)19-6-4-18-5-7-19;;/h2-3,8,12,18H,4-7H2,1H3;2*1H/t12-;;/m0../s1. The molecule has 1 heterocycles. The van der Waals surface area contributed by atoms with Gasteiger partial charge in [0.05, 0.1) is 7.11 Å². The van der Waals surface area contributed by atoms with Gasteiger partial charge < -0.3 is 10.1 Å². The third-order valence-corrected chi connectivity index (χ3v) is 3.31. The summed E-state index contributed by atoms with van der Waals surface area (Å²) >= 11 is 0. The summed E-state index contributed by atoms with van der Waals surface area (Å²) in [6.07, 6.45) is -4.49. The van der Waals surface area contributed by atoms with E-state index in [9.17, 15) is 17.6 Å². The van der Waals surface area contributed by atoms with E-state index in [0.29, 0.717) is 13.1 Å². The molecule has 0 aromatic heterocycles. The van der Waals surface area contributed by atoms with Gasteiger partial charge in [0.1, 0.15) is 17.6 Å². The van der Waals surface area contributed by atoms with Gasteiger partial charge in [-0.1, -0.05) is 0 Å². The molecule has 1 fully saturated rings. The largest absolute Gasteiger partial charge is 0.496 e. The van der Waals surface area contributed by atoms with Crippen molar-refractivity contribution in [3.8, 4) is 5.75 Å². The molecule has 1 aliphatic heterocycles. The fourth-order valence-corrected chi connectivity index (χ4v) is 2.44. The molecule has 1 aromatic carbocycles. The van der Waals surface area contributed by atoms with Gasteiger partial charge in [-0.05, 0) is 18.2 Å². The molecule has 0 unspecified atom stereocenters. The number of piperazine rings is 1. The van der Waals surface area contributed by atoms with Gasteiger partial charge in [0, 0.05) is 31.7 Å². The maximum atomic E-state index is 13.4. The minimum absolute atomic E-state index is 0. The maximum absolute atomic E-state index is 13.4. The number of halogens is 6. The highest BCUT2D eigenvalue weighted by molar-refractivity contribution is 5.85. The van der Waals surface area contributed by atoms with E-state index < -0.39 is 18.0 Å². The summed E-state index contributed by atoms with van der Waals surface area (Å²) in [6.45, 7) is 1.46. The van der Waals surface area contributed by atoms with E-state index in [4.69, 9.17) is 4.74 Å². The molecule has 0 bridgehead atoms. The molecule has 0 saturated carbocycles. The maximum Gasteiger partial charge on any atom is 0.408 e. The third-order valence-electron chi connectivity index (χ3n) is 3.31. The van der Waals surface area contributed by atoms with E-state index in [1.54, 1.807) is 0 Å². The molecule has 2 rings (SSSR count). The lowest BCUT2D eigenvalue weighted by Gasteiger charge is -2.36. The van der Waals surface area contributed by atoms with Crippen LogP contribution in [0.2, 0.25) is 0 Å². The number of rotatable bonds is 3. The Morgan fingerprint density at radius 1 is 1.18 bits per heavy atom. The number of nitrogens with one attached hydrogen (secondary N) is 1. The van der Waals surface area contributed by atoms with Gasteiger partial charge in [-0.2, -0.15) is 13.2 Å². The second-order valence-corrected chi connectivity index (χ2v) is 4.62. The lowest BCUT2D eigenvalue weighted by molar-refractivity contribution is -0.188. The molecule has 1 saturated heterocycles. The first-order valence-corrected chi connectivity index (χ1v) is 6.28. The number of benzene rings is 1. The first kappa shape index (κ1) is 21.2. The summed E-state index contributed by atoms with van der Waals surface area (Å²) in [4.78, 5) is 1.30. The zero-order valence-electron chi connectivity index (χ0n) is 11.8. The highest BCUT2D eigenvalue weighted by Crippen LogP contribution is 2.41. The summed E-state index contributed by atoms with van der Waals surface area (Å²) < 4.78 is 58.5. The quantitative estimate of drug-likeness (QED) is 0.833. The van der Waals surface area contributed by atoms with E-state index in [-0.39, 0.29) is 49.2 Å². The lowest BCUT2D eigenvalue weighted by Crippen LogP contribution is -2.49. The van der Waals surface area contributed by atoms with Crippen LogP contribution in [-0.4, -0.2) is 44.4 Å². The van der Waals surface area contributed by atoms with Crippen molar-refractivity contribution >= 4 is 24.8 Å². The fraction of sp³-hybridized carbons (Fsp3) is 0.538. The molecule has 0 aliphatic carbocycles. The minimum Gasteiger partial charge on any atom is -0.496 e. The van der Waals surface area contributed by atoms with Crippen LogP contribution in [0.4, 0.5) is 17.6 Å². The molecule has 1 aromatic rings. The molecular formula is C13H18Cl2F4N2O. The van der Waals surface area contributed by atoms with Crippen LogP contribution in [0, 0.1) is 5.82 Å². The van der Waals surface area contributed by atoms with E-state index in [2.05, 4.69) is 5.32 Å². The second kappa shape index (κ2) is 8.76. The SMILES string of the molecule is COc1ccc(F)cc1[C@H](N1CCNCC1)C(F)(F)F.Cl.Cl. The highest BCUT2D eigenvalue weighted by Gasteiger charge is 2.46. The third kappa shape index (κ3) is 4.87. The van der Waals surface area contributed by atoms with Crippen LogP contribution < -0.4 is 10.1 Å². The monoisotopic (exact) mass is 364 g/mol. The van der Waals surface area contributed by atoms with Crippen molar-refractivity contribution in [2.75, 3.05) is 33.3 Å². The molecule has 1 atom stereocenters. The Hall–Kier alpha value is -0.760. The number of ether oxygens (including phenoxy) is 1. The van der Waals surface area contributed by atoms with Crippen molar-refractivity contribution in [2.45, 2.75) is 12.2 Å². The topological polar surface area (TPSA) is 24.5 Å². The fourth-order valence-electron chi connectivity index (χ4n) is 2.44. The lowest BCUT2D eigenvalue weighted by atomic mass is 10.0. The van der Waals surface area contributed by atoms with Gasteiger partial charge in [-0.3, -0.25) is 4.90 Å². The summed E-state index contributed by atoms with van der Waals surface area (Å²) in [5.41, 5.74) is -0.179. The van der Waals surface area contributed by atoms with Gasteiger partial charge in [-0.15, -0.1) is 24.8 Å². The van der Waals surface area contributed by atoms with Gasteiger partial charge in [0.2, 0.25) is 0 Å². The van der Waals surface area contributed by atoms with Crippen LogP contribution in [0.25, 0.3) is 0 Å². The van der Waals surface area contributed by atoms with Gasteiger partial charge >= 0.3 is 6.18 Å². The average molecular weight is 365 g/mol. The Labute approximate surface area is 138 Å². The number of methoxy groups -OCH3 is 1. The summed E-state index contributed by atoms with van der Waals surface area (Å²) in [5.74, 6) is -0.655. The Balaban J connectivity index is 0.00000220. The van der Waals surface area contributed by atoms with Gasteiger partial charge in [0.15, 0.2) is 0 Å². The Morgan fingerprint density at radius 2 is 1.77 bits per heavy atom. The summed E-state index contributed by atoms with van der Waals surface area (Å²) in [7, 11) is 1.28. The van der Waals surface area contributed by atoms with Crippen LogP contribution in [0.15, 0.2) is 18.2 Å². The predicted molar refractivity (Wildman–Crippen MR) is 80.7 cm³/mol. The van der Waals surface area contributed by atoms with Crippen LogP contribution >= 0.6 is 24.8 Å². The van der Waals surface area contributed by atoms with Gasteiger partial charge in [-0.25, -0.2) is 4.39 Å². The van der Waals surface area contributed by atoms with Crippen molar-refractivity contribution in [1.29, 1.82) is 0 Å². The predicted octanol–water partition coefficient (Wildman–Crippen LogP) is 3.19. The highest BCUT2D eigenvalue weighted by atomic mass is 35.5. The molecule has 0 radical (unpaired) electrons. The molecule has 128 valence electrons. The van der Waals surface area contributed by atoms with Crippen molar-refractivity contribution in [1.82, 2.24) is 10.2 Å². The molecule has 0 amide bonds. The normalized spacial score (nSPS) is 17.1. The van der Waals surface area contributed by atoms with Crippen LogP contribution in [-0.2, 0) is 0 Å². The minimum atomic E-state index is -4.49.